The monoisotopic (exact) mass is 374 g/mol. The van der Waals surface area contributed by atoms with Crippen molar-refractivity contribution in [3.05, 3.63) is 52.3 Å². The van der Waals surface area contributed by atoms with Gasteiger partial charge in [-0.25, -0.2) is 0 Å². The van der Waals surface area contributed by atoms with Gasteiger partial charge in [0, 0.05) is 54.8 Å². The maximum absolute atomic E-state index is 12.6. The van der Waals surface area contributed by atoms with Crippen molar-refractivity contribution in [1.29, 1.82) is 0 Å². The smallest absolute Gasteiger partial charge is 0.253 e. The van der Waals surface area contributed by atoms with Gasteiger partial charge in [-0.05, 0) is 57.1 Å². The summed E-state index contributed by atoms with van der Waals surface area (Å²) in [6.07, 6.45) is 0.974. The molecule has 2 heterocycles. The van der Waals surface area contributed by atoms with Crippen LogP contribution in [0.3, 0.4) is 0 Å². The topological polar surface area (TPSA) is 49.3 Å². The molecule has 26 heavy (non-hydrogen) atoms. The molecule has 2 N–H and O–H groups in total. The highest BCUT2D eigenvalue weighted by molar-refractivity contribution is 6.30. The van der Waals surface area contributed by atoms with Crippen LogP contribution >= 0.6 is 11.6 Å². The molecule has 1 fully saturated rings. The molecule has 1 aromatic heterocycles. The highest BCUT2D eigenvalue weighted by Gasteiger charge is 2.16. The molecule has 3 rings (SSSR count). The molecule has 1 aliphatic heterocycles. The molecule has 0 unspecified atom stereocenters. The number of rotatable bonds is 6. The van der Waals surface area contributed by atoms with Gasteiger partial charge in [-0.15, -0.1) is 0 Å². The highest BCUT2D eigenvalue weighted by atomic mass is 35.5. The lowest BCUT2D eigenvalue weighted by atomic mass is 10.2. The van der Waals surface area contributed by atoms with Crippen LogP contribution in [-0.2, 0) is 0 Å². The van der Waals surface area contributed by atoms with E-state index in [-0.39, 0.29) is 5.91 Å². The lowest BCUT2D eigenvalue weighted by Gasteiger charge is -2.27. The summed E-state index contributed by atoms with van der Waals surface area (Å²) in [7, 11) is 0. The summed E-state index contributed by atoms with van der Waals surface area (Å²) >= 11 is 5.98. The number of nitrogens with zero attached hydrogens (tertiary/aromatic N) is 2. The van der Waals surface area contributed by atoms with Crippen molar-refractivity contribution in [2.45, 2.75) is 20.3 Å². The van der Waals surface area contributed by atoms with Crippen LogP contribution in [0.15, 0.2) is 30.3 Å². The second-order valence-electron chi connectivity index (χ2n) is 6.80. The van der Waals surface area contributed by atoms with Crippen molar-refractivity contribution < 1.29 is 4.79 Å². The molecule has 0 radical (unpaired) electrons. The average Bonchev–Trinajstić information content (AvgIpc) is 2.95. The molecular formula is C20H27ClN4O. The number of amides is 1. The maximum Gasteiger partial charge on any atom is 0.253 e. The van der Waals surface area contributed by atoms with Crippen LogP contribution in [0.4, 0.5) is 0 Å². The minimum Gasteiger partial charge on any atom is -0.352 e. The third kappa shape index (κ3) is 4.47. The van der Waals surface area contributed by atoms with Crippen LogP contribution in [-0.4, -0.2) is 54.6 Å². The Balaban J connectivity index is 1.59. The number of carbonyl (C=O) groups excluding carboxylic acids is 1. The van der Waals surface area contributed by atoms with E-state index >= 15 is 0 Å². The van der Waals surface area contributed by atoms with E-state index in [1.165, 1.54) is 0 Å². The van der Waals surface area contributed by atoms with Crippen molar-refractivity contribution in [1.82, 2.24) is 20.1 Å². The second kappa shape index (κ2) is 8.71. The second-order valence-corrected chi connectivity index (χ2v) is 7.23. The van der Waals surface area contributed by atoms with E-state index < -0.39 is 0 Å². The standard InChI is InChI=1S/C20H27ClN4O/c1-15-14-19(16(2)25(15)18-6-4-17(21)5-7-18)20(26)23-8-3-11-24-12-9-22-10-13-24/h4-7,14,22H,3,8-13H2,1-2H3,(H,23,26). The number of halogens is 1. The quantitative estimate of drug-likeness (QED) is 0.764. The number of carbonyl (C=O) groups is 1. The lowest BCUT2D eigenvalue weighted by Crippen LogP contribution is -2.44. The van der Waals surface area contributed by atoms with Crippen LogP contribution in [0, 0.1) is 13.8 Å². The molecule has 1 saturated heterocycles. The zero-order chi connectivity index (χ0) is 18.5. The number of benzene rings is 1. The summed E-state index contributed by atoms with van der Waals surface area (Å²) in [4.78, 5) is 15.0. The van der Waals surface area contributed by atoms with Crippen LogP contribution in [0.25, 0.3) is 5.69 Å². The maximum atomic E-state index is 12.6. The Morgan fingerprint density at radius 1 is 1.19 bits per heavy atom. The molecular weight excluding hydrogens is 348 g/mol. The number of piperazine rings is 1. The van der Waals surface area contributed by atoms with Gasteiger partial charge in [0.05, 0.1) is 5.56 Å². The molecule has 140 valence electrons. The van der Waals surface area contributed by atoms with Crippen molar-refractivity contribution >= 4 is 17.5 Å². The first-order valence-corrected chi connectivity index (χ1v) is 9.60. The Labute approximate surface area is 160 Å². The number of aryl methyl sites for hydroxylation is 1. The Hall–Kier alpha value is -1.82. The number of aromatic nitrogens is 1. The summed E-state index contributed by atoms with van der Waals surface area (Å²) in [6.45, 7) is 10.0. The van der Waals surface area contributed by atoms with E-state index in [4.69, 9.17) is 11.6 Å². The first kappa shape index (κ1) is 19.0. The van der Waals surface area contributed by atoms with Crippen molar-refractivity contribution in [2.75, 3.05) is 39.3 Å². The third-order valence-electron chi connectivity index (χ3n) is 4.91. The zero-order valence-corrected chi connectivity index (χ0v) is 16.3. The van der Waals surface area contributed by atoms with E-state index in [1.54, 1.807) is 0 Å². The van der Waals surface area contributed by atoms with Gasteiger partial charge in [0.25, 0.3) is 5.91 Å². The van der Waals surface area contributed by atoms with Crippen molar-refractivity contribution in [3.63, 3.8) is 0 Å². The third-order valence-corrected chi connectivity index (χ3v) is 5.16. The Kier molecular flexibility index (Phi) is 6.35. The van der Waals surface area contributed by atoms with Crippen LogP contribution in [0.5, 0.6) is 0 Å². The molecule has 1 aliphatic rings. The van der Waals surface area contributed by atoms with Gasteiger partial charge >= 0.3 is 0 Å². The van der Waals surface area contributed by atoms with Crippen molar-refractivity contribution in [2.24, 2.45) is 0 Å². The molecule has 0 atom stereocenters. The fourth-order valence-electron chi connectivity index (χ4n) is 3.51. The lowest BCUT2D eigenvalue weighted by molar-refractivity contribution is 0.0950. The van der Waals surface area contributed by atoms with Gasteiger partial charge in [0.1, 0.15) is 0 Å². The summed E-state index contributed by atoms with van der Waals surface area (Å²) in [5, 5.41) is 7.13. The first-order chi connectivity index (χ1) is 12.6. The Bertz CT molecular complexity index is 748. The summed E-state index contributed by atoms with van der Waals surface area (Å²) < 4.78 is 2.09. The van der Waals surface area contributed by atoms with Gasteiger partial charge in [0.15, 0.2) is 0 Å². The summed E-state index contributed by atoms with van der Waals surface area (Å²) in [5.41, 5.74) is 3.74. The molecule has 6 heteroatoms. The minimum absolute atomic E-state index is 0.00127. The van der Waals surface area contributed by atoms with E-state index in [0.717, 1.165) is 61.8 Å². The van der Waals surface area contributed by atoms with Crippen LogP contribution < -0.4 is 10.6 Å². The Morgan fingerprint density at radius 2 is 1.88 bits per heavy atom. The Morgan fingerprint density at radius 3 is 2.58 bits per heavy atom. The van der Waals surface area contributed by atoms with Gasteiger partial charge < -0.3 is 20.1 Å². The van der Waals surface area contributed by atoms with Gasteiger partial charge in [-0.2, -0.15) is 0 Å². The summed E-state index contributed by atoms with van der Waals surface area (Å²) in [6, 6.07) is 9.63. The van der Waals surface area contributed by atoms with Crippen LogP contribution in [0.1, 0.15) is 28.2 Å². The molecule has 5 nitrogen and oxygen atoms in total. The van der Waals surface area contributed by atoms with Gasteiger partial charge in [0.2, 0.25) is 0 Å². The molecule has 0 bridgehead atoms. The molecule has 2 aromatic rings. The number of nitrogens with one attached hydrogen (secondary N) is 2. The first-order valence-electron chi connectivity index (χ1n) is 9.22. The average molecular weight is 375 g/mol. The fraction of sp³-hybridized carbons (Fsp3) is 0.450. The van der Waals surface area contributed by atoms with Gasteiger partial charge in [-0.3, -0.25) is 4.79 Å². The summed E-state index contributed by atoms with van der Waals surface area (Å²) in [5.74, 6) is -0.00127. The minimum atomic E-state index is -0.00127. The highest BCUT2D eigenvalue weighted by Crippen LogP contribution is 2.22. The largest absolute Gasteiger partial charge is 0.352 e. The number of hydrogen-bond acceptors (Lipinski definition) is 3. The number of hydrogen-bond donors (Lipinski definition) is 2. The molecule has 0 aliphatic carbocycles. The van der Waals surface area contributed by atoms with E-state index in [0.29, 0.717) is 11.6 Å². The van der Waals surface area contributed by atoms with Gasteiger partial charge in [-0.1, -0.05) is 11.6 Å². The van der Waals surface area contributed by atoms with E-state index in [2.05, 4.69) is 20.1 Å². The molecule has 1 amide bonds. The SMILES string of the molecule is Cc1cc(C(=O)NCCCN2CCNCC2)c(C)n1-c1ccc(Cl)cc1. The molecule has 0 saturated carbocycles. The predicted molar refractivity (Wildman–Crippen MR) is 107 cm³/mol. The fourth-order valence-corrected chi connectivity index (χ4v) is 3.64. The predicted octanol–water partition coefficient (Wildman–Crippen LogP) is 2.77. The normalized spacial score (nSPS) is 15.2. The molecule has 0 spiro atoms. The molecule has 1 aromatic carbocycles. The zero-order valence-electron chi connectivity index (χ0n) is 15.5. The van der Waals surface area contributed by atoms with E-state index in [9.17, 15) is 4.79 Å². The van der Waals surface area contributed by atoms with Crippen LogP contribution in [0.2, 0.25) is 5.02 Å². The van der Waals surface area contributed by atoms with Crippen molar-refractivity contribution in [3.8, 4) is 5.69 Å². The van der Waals surface area contributed by atoms with E-state index in [1.807, 2.05) is 44.2 Å².